The van der Waals surface area contributed by atoms with Crippen molar-refractivity contribution in [2.24, 2.45) is 17.3 Å². The van der Waals surface area contributed by atoms with Gasteiger partial charge < -0.3 is 19.9 Å². The molecule has 1 aliphatic carbocycles. The van der Waals surface area contributed by atoms with Crippen molar-refractivity contribution in [1.82, 2.24) is 5.32 Å². The molecule has 2 N–H and O–H groups in total. The molecule has 2 saturated heterocycles. The molecule has 8 atom stereocenters. The molecule has 0 aromatic rings. The Labute approximate surface area is 223 Å². The molecule has 37 heavy (non-hydrogen) atoms. The third kappa shape index (κ3) is 5.16. The highest BCUT2D eigenvalue weighted by molar-refractivity contribution is 5.90. The van der Waals surface area contributed by atoms with Crippen LogP contribution in [0.5, 0.6) is 0 Å². The minimum atomic E-state index is -0.462. The minimum absolute atomic E-state index is 0.110. The van der Waals surface area contributed by atoms with Crippen molar-refractivity contribution in [2.75, 3.05) is 6.54 Å². The lowest BCUT2D eigenvalue weighted by molar-refractivity contribution is -0.138. The topological polar surface area (TPSA) is 67.8 Å². The Morgan fingerprint density at radius 2 is 1.86 bits per heavy atom. The van der Waals surface area contributed by atoms with Crippen molar-refractivity contribution < 1.29 is 19.4 Å². The Morgan fingerprint density at radius 3 is 2.62 bits per heavy atom. The highest BCUT2D eigenvalue weighted by atomic mass is 16.5. The molecule has 1 unspecified atom stereocenters. The first-order chi connectivity index (χ1) is 17.7. The number of cyclic esters (lactones) is 1. The summed E-state index contributed by atoms with van der Waals surface area (Å²) in [5.41, 5.74) is 5.85. The number of aliphatic hydroxyl groups is 1. The Bertz CT molecular complexity index is 1020. The monoisotopic (exact) mass is 509 g/mol. The SMILES string of the molecule is CC1=C[C@@H](C2=C(C)[C@@H]3C=C(C)[C@@H](O)CC[C@H]4C[C@@H](C)[C@H](O4)C(C)=CCCC4NCCC[C@@]43CC2)OC1=O. The number of carbonyl (C=O) groups excluding carboxylic acids is 1. The molecule has 5 nitrogen and oxygen atoms in total. The Hall–Kier alpha value is -1.69. The van der Waals surface area contributed by atoms with Gasteiger partial charge >= 0.3 is 5.97 Å². The van der Waals surface area contributed by atoms with Crippen molar-refractivity contribution in [2.45, 2.75) is 123 Å². The molecule has 2 fully saturated rings. The van der Waals surface area contributed by atoms with Gasteiger partial charge in [0.25, 0.3) is 0 Å². The third-order valence-corrected chi connectivity index (χ3v) is 10.2. The first kappa shape index (κ1) is 26.9. The third-order valence-electron chi connectivity index (χ3n) is 10.2. The smallest absolute Gasteiger partial charge is 0.334 e. The molecule has 5 rings (SSSR count). The van der Waals surface area contributed by atoms with E-state index in [2.05, 4.69) is 45.2 Å². The average molecular weight is 510 g/mol. The molecular weight excluding hydrogens is 462 g/mol. The molecule has 204 valence electrons. The predicted molar refractivity (Wildman–Crippen MR) is 147 cm³/mol. The van der Waals surface area contributed by atoms with Gasteiger partial charge in [0.15, 0.2) is 0 Å². The molecule has 4 aliphatic heterocycles. The van der Waals surface area contributed by atoms with Crippen LogP contribution in [0.1, 0.15) is 92.4 Å². The van der Waals surface area contributed by atoms with E-state index in [1.54, 1.807) is 0 Å². The van der Waals surface area contributed by atoms with E-state index in [1.165, 1.54) is 29.6 Å². The number of carbonyl (C=O) groups is 1. The summed E-state index contributed by atoms with van der Waals surface area (Å²) in [6.07, 6.45) is 15.8. The van der Waals surface area contributed by atoms with E-state index in [0.29, 0.717) is 17.5 Å². The zero-order chi connectivity index (χ0) is 26.3. The average Bonchev–Trinajstić information content (AvgIpc) is 3.41. The summed E-state index contributed by atoms with van der Waals surface area (Å²) in [6.45, 7) is 11.8. The molecule has 0 amide bonds. The lowest BCUT2D eigenvalue weighted by Gasteiger charge is -2.53. The van der Waals surface area contributed by atoms with E-state index in [1.807, 2.05) is 13.0 Å². The molecule has 1 spiro atoms. The first-order valence-corrected chi connectivity index (χ1v) is 14.7. The summed E-state index contributed by atoms with van der Waals surface area (Å²) >= 11 is 0. The lowest BCUT2D eigenvalue weighted by Crippen LogP contribution is -2.55. The summed E-state index contributed by atoms with van der Waals surface area (Å²) in [6, 6.07) is 0.413. The van der Waals surface area contributed by atoms with Gasteiger partial charge in [-0.1, -0.05) is 24.6 Å². The van der Waals surface area contributed by atoms with Crippen molar-refractivity contribution in [3.8, 4) is 0 Å². The normalized spacial score (nSPS) is 41.5. The second-order valence-corrected chi connectivity index (χ2v) is 12.6. The van der Waals surface area contributed by atoms with Crippen LogP contribution in [-0.4, -0.2) is 48.1 Å². The van der Waals surface area contributed by atoms with Crippen LogP contribution in [0.2, 0.25) is 0 Å². The maximum atomic E-state index is 12.2. The molecule has 0 radical (unpaired) electrons. The van der Waals surface area contributed by atoms with Gasteiger partial charge in [-0.3, -0.25) is 0 Å². The van der Waals surface area contributed by atoms with Crippen molar-refractivity contribution in [3.05, 3.63) is 46.1 Å². The Kier molecular flexibility index (Phi) is 7.87. The second-order valence-electron chi connectivity index (χ2n) is 12.6. The number of fused-ring (bicyclic) bond motifs is 2. The molecule has 5 aliphatic rings. The van der Waals surface area contributed by atoms with Crippen LogP contribution < -0.4 is 5.32 Å². The van der Waals surface area contributed by atoms with Gasteiger partial charge in [-0.15, -0.1) is 0 Å². The maximum Gasteiger partial charge on any atom is 0.334 e. The van der Waals surface area contributed by atoms with E-state index < -0.39 is 6.10 Å². The van der Waals surface area contributed by atoms with Gasteiger partial charge in [0.2, 0.25) is 0 Å². The Morgan fingerprint density at radius 1 is 1.05 bits per heavy atom. The van der Waals surface area contributed by atoms with Gasteiger partial charge in [-0.25, -0.2) is 4.79 Å². The number of ether oxygens (including phenoxy) is 2. The van der Waals surface area contributed by atoms with E-state index in [4.69, 9.17) is 9.47 Å². The number of aliphatic hydroxyl groups excluding tert-OH is 1. The van der Waals surface area contributed by atoms with Gasteiger partial charge in [0.05, 0.1) is 18.3 Å². The molecule has 0 saturated carbocycles. The predicted octanol–water partition coefficient (Wildman–Crippen LogP) is 5.94. The number of hydrogen-bond acceptors (Lipinski definition) is 5. The van der Waals surface area contributed by atoms with Gasteiger partial charge in [0.1, 0.15) is 6.10 Å². The summed E-state index contributed by atoms with van der Waals surface area (Å²) < 4.78 is 12.3. The fraction of sp³-hybridized carbons (Fsp3) is 0.719. The zero-order valence-corrected chi connectivity index (χ0v) is 23.5. The van der Waals surface area contributed by atoms with Gasteiger partial charge in [-0.05, 0) is 126 Å². The fourth-order valence-corrected chi connectivity index (χ4v) is 8.07. The molecular formula is C32H47NO4. The molecule has 2 bridgehead atoms. The number of nitrogens with one attached hydrogen (secondary N) is 1. The summed E-state index contributed by atoms with van der Waals surface area (Å²) in [7, 11) is 0. The van der Waals surface area contributed by atoms with Gasteiger partial charge in [-0.2, -0.15) is 0 Å². The largest absolute Gasteiger partial charge is 0.450 e. The summed E-state index contributed by atoms with van der Waals surface area (Å²) in [5.74, 6) is 0.554. The lowest BCUT2D eigenvalue weighted by atomic mass is 9.56. The van der Waals surface area contributed by atoms with Crippen molar-refractivity contribution >= 4 is 5.97 Å². The second kappa shape index (κ2) is 10.8. The van der Waals surface area contributed by atoms with Crippen LogP contribution in [0.25, 0.3) is 0 Å². The van der Waals surface area contributed by atoms with E-state index in [0.717, 1.165) is 57.1 Å². The van der Waals surface area contributed by atoms with E-state index in [9.17, 15) is 9.90 Å². The van der Waals surface area contributed by atoms with Crippen LogP contribution in [-0.2, 0) is 14.3 Å². The van der Waals surface area contributed by atoms with E-state index >= 15 is 0 Å². The molecule has 0 aromatic heterocycles. The summed E-state index contributed by atoms with van der Waals surface area (Å²) in [5, 5.41) is 15.2. The highest BCUT2D eigenvalue weighted by Gasteiger charge is 2.49. The van der Waals surface area contributed by atoms with Crippen LogP contribution in [0, 0.1) is 17.3 Å². The van der Waals surface area contributed by atoms with Crippen LogP contribution in [0.15, 0.2) is 46.1 Å². The highest BCUT2D eigenvalue weighted by Crippen LogP contribution is 2.54. The zero-order valence-electron chi connectivity index (χ0n) is 23.5. The van der Waals surface area contributed by atoms with Gasteiger partial charge in [0, 0.05) is 17.5 Å². The number of hydrogen-bond donors (Lipinski definition) is 2. The molecule has 4 heterocycles. The van der Waals surface area contributed by atoms with Crippen LogP contribution in [0.3, 0.4) is 0 Å². The number of rotatable bonds is 1. The standard InChI is InChI=1S/C32H47NO4/c1-19-8-6-9-29-32(13-7-15-33-29)14-12-25(28-18-22(4)31(35)37-28)23(5)26(32)17-20(2)27(34)11-10-24-16-21(3)30(19)36-24/h8,17-18,21,24,26-30,33-34H,6-7,9-16H2,1-5H3/t21-,24+,26+,27+,28+,29?,30-,32+/m1/s1. The van der Waals surface area contributed by atoms with E-state index in [-0.39, 0.29) is 35.6 Å². The Balaban J connectivity index is 1.53. The van der Waals surface area contributed by atoms with Crippen molar-refractivity contribution in [3.63, 3.8) is 0 Å². The number of allylic oxidation sites excluding steroid dienone is 3. The first-order valence-electron chi connectivity index (χ1n) is 14.7. The fourth-order valence-electron chi connectivity index (χ4n) is 8.07. The number of esters is 1. The van der Waals surface area contributed by atoms with Crippen molar-refractivity contribution in [1.29, 1.82) is 0 Å². The van der Waals surface area contributed by atoms with Crippen LogP contribution in [0.4, 0.5) is 0 Å². The summed E-state index contributed by atoms with van der Waals surface area (Å²) in [4.78, 5) is 12.2. The quantitative estimate of drug-likeness (QED) is 0.338. The number of piperidine rings is 1. The van der Waals surface area contributed by atoms with Crippen LogP contribution >= 0.6 is 0 Å². The molecule has 0 aromatic carbocycles. The minimum Gasteiger partial charge on any atom is -0.450 e. The molecule has 5 heteroatoms. The maximum absolute atomic E-state index is 12.2.